The van der Waals surface area contributed by atoms with E-state index in [4.69, 9.17) is 9.84 Å². The highest BCUT2D eigenvalue weighted by Crippen LogP contribution is 2.40. The first-order valence-electron chi connectivity index (χ1n) is 7.11. The van der Waals surface area contributed by atoms with E-state index in [2.05, 4.69) is 15.9 Å². The molecule has 0 amide bonds. The normalized spacial score (nSPS) is 20.2. The lowest BCUT2D eigenvalue weighted by atomic mass is 9.88. The number of carboxylic acid groups (broad SMARTS) is 1. The van der Waals surface area contributed by atoms with Crippen molar-refractivity contribution in [2.45, 2.75) is 18.7 Å². The molecule has 0 bridgehead atoms. The topological polar surface area (TPSA) is 46.5 Å². The molecule has 3 nitrogen and oxygen atoms in total. The smallest absolute Gasteiger partial charge is 0.426 e. The molecule has 0 spiro atoms. The third kappa shape index (κ3) is 3.26. The molecule has 1 aliphatic heterocycles. The fourth-order valence-electron chi connectivity index (χ4n) is 2.75. The van der Waals surface area contributed by atoms with E-state index in [1.165, 1.54) is 6.07 Å². The monoisotopic (exact) mass is 400 g/mol. The Morgan fingerprint density at radius 3 is 2.33 bits per heavy atom. The first-order chi connectivity index (χ1) is 11.3. The lowest BCUT2D eigenvalue weighted by molar-refractivity contribution is -0.217. The molecule has 1 heterocycles. The summed E-state index contributed by atoms with van der Waals surface area (Å²) in [5.74, 6) is -3.09. The number of alkyl halides is 3. The Morgan fingerprint density at radius 2 is 1.75 bits per heavy atom. The summed E-state index contributed by atoms with van der Waals surface area (Å²) in [6, 6.07) is 12.2. The quantitative estimate of drug-likeness (QED) is 0.795. The lowest BCUT2D eigenvalue weighted by Crippen LogP contribution is -2.47. The fraction of sp³-hybridized carbons (Fsp3) is 0.235. The van der Waals surface area contributed by atoms with Crippen molar-refractivity contribution < 1.29 is 27.8 Å². The van der Waals surface area contributed by atoms with Crippen LogP contribution >= 0.6 is 15.9 Å². The number of aliphatic carboxylic acids is 1. The molecule has 0 saturated heterocycles. The van der Waals surface area contributed by atoms with Crippen molar-refractivity contribution in [2.75, 3.05) is 0 Å². The average molecular weight is 401 g/mol. The van der Waals surface area contributed by atoms with Crippen LogP contribution in [0.5, 0.6) is 5.75 Å². The van der Waals surface area contributed by atoms with E-state index in [1.807, 2.05) is 24.3 Å². The minimum absolute atomic E-state index is 0.0793. The van der Waals surface area contributed by atoms with Crippen molar-refractivity contribution in [1.29, 1.82) is 0 Å². The Kier molecular flexibility index (Phi) is 4.29. The number of halogens is 4. The number of ether oxygens (including phenoxy) is 1. The van der Waals surface area contributed by atoms with Crippen LogP contribution in [0.15, 0.2) is 46.9 Å². The van der Waals surface area contributed by atoms with Crippen molar-refractivity contribution in [2.24, 2.45) is 5.92 Å². The molecular formula is C17H12BrF3O3. The van der Waals surface area contributed by atoms with Gasteiger partial charge in [-0.25, -0.2) is 0 Å². The summed E-state index contributed by atoms with van der Waals surface area (Å²) >= 11 is 3.34. The van der Waals surface area contributed by atoms with Crippen LogP contribution in [-0.4, -0.2) is 23.4 Å². The molecule has 0 saturated carbocycles. The number of hydrogen-bond donors (Lipinski definition) is 1. The Hall–Kier alpha value is -2.02. The molecule has 0 aliphatic carbocycles. The highest BCUT2D eigenvalue weighted by molar-refractivity contribution is 9.10. The number of rotatable bonds is 2. The molecule has 2 unspecified atom stereocenters. The van der Waals surface area contributed by atoms with E-state index in [0.717, 1.165) is 15.6 Å². The van der Waals surface area contributed by atoms with E-state index in [9.17, 15) is 18.0 Å². The second-order valence-electron chi connectivity index (χ2n) is 5.56. The summed E-state index contributed by atoms with van der Waals surface area (Å²) in [4.78, 5) is 11.2. The van der Waals surface area contributed by atoms with Crippen LogP contribution in [0.4, 0.5) is 13.2 Å². The highest BCUT2D eigenvalue weighted by atomic mass is 79.9. The van der Waals surface area contributed by atoms with Gasteiger partial charge in [0.15, 0.2) is 0 Å². The maximum absolute atomic E-state index is 13.0. The molecule has 2 atom stereocenters. The Balaban J connectivity index is 1.98. The zero-order valence-electron chi connectivity index (χ0n) is 12.2. The maximum atomic E-state index is 13.0. The fourth-order valence-corrected chi connectivity index (χ4v) is 3.01. The molecule has 2 aromatic carbocycles. The van der Waals surface area contributed by atoms with Crippen molar-refractivity contribution in [3.05, 3.63) is 52.5 Å². The third-order valence-electron chi connectivity index (χ3n) is 3.94. The second-order valence-corrected chi connectivity index (χ2v) is 6.47. The van der Waals surface area contributed by atoms with E-state index in [0.29, 0.717) is 5.56 Å². The number of fused-ring (bicyclic) bond motifs is 1. The van der Waals surface area contributed by atoms with Crippen LogP contribution in [0.3, 0.4) is 0 Å². The van der Waals surface area contributed by atoms with Gasteiger partial charge >= 0.3 is 12.1 Å². The van der Waals surface area contributed by atoms with Crippen LogP contribution in [0.2, 0.25) is 0 Å². The van der Waals surface area contributed by atoms with Crippen LogP contribution in [-0.2, 0) is 11.2 Å². The molecule has 24 heavy (non-hydrogen) atoms. The van der Waals surface area contributed by atoms with E-state index >= 15 is 0 Å². The Morgan fingerprint density at radius 1 is 1.12 bits per heavy atom. The van der Waals surface area contributed by atoms with Crippen LogP contribution in [0.1, 0.15) is 5.56 Å². The van der Waals surface area contributed by atoms with Gasteiger partial charge in [0.05, 0.1) is 0 Å². The second kappa shape index (κ2) is 6.12. The van der Waals surface area contributed by atoms with Gasteiger partial charge in [-0.05, 0) is 47.4 Å². The Bertz CT molecular complexity index is 772. The number of carboxylic acids is 1. The molecule has 126 valence electrons. The largest absolute Gasteiger partial charge is 0.481 e. The molecule has 1 aliphatic rings. The molecular weight excluding hydrogens is 389 g/mol. The molecule has 1 N–H and O–H groups in total. The van der Waals surface area contributed by atoms with Gasteiger partial charge in [0.25, 0.3) is 0 Å². The van der Waals surface area contributed by atoms with Crippen molar-refractivity contribution >= 4 is 21.9 Å². The molecule has 0 aromatic heterocycles. The van der Waals surface area contributed by atoms with Gasteiger partial charge in [0, 0.05) is 4.47 Å². The summed E-state index contributed by atoms with van der Waals surface area (Å²) in [5, 5.41) is 9.13. The molecule has 0 fully saturated rings. The van der Waals surface area contributed by atoms with E-state index in [1.54, 1.807) is 12.1 Å². The predicted octanol–water partition coefficient (Wildman–Crippen LogP) is 4.68. The van der Waals surface area contributed by atoms with Crippen LogP contribution < -0.4 is 4.74 Å². The Labute approximate surface area is 144 Å². The predicted molar refractivity (Wildman–Crippen MR) is 84.9 cm³/mol. The van der Waals surface area contributed by atoms with Gasteiger partial charge < -0.3 is 9.84 Å². The van der Waals surface area contributed by atoms with Gasteiger partial charge in [0.1, 0.15) is 11.7 Å². The summed E-state index contributed by atoms with van der Waals surface area (Å²) in [7, 11) is 0. The standard InChI is InChI=1S/C17H12BrF3O3/c18-12-4-1-9(2-5-12)10-3-6-14-11(7-10)8-13(16(22)23)15(24-14)17(19,20)21/h1-7,13,15H,8H2,(H,22,23). The first-order valence-corrected chi connectivity index (χ1v) is 7.90. The molecule has 2 aromatic rings. The van der Waals surface area contributed by atoms with Gasteiger partial charge in [-0.15, -0.1) is 0 Å². The minimum Gasteiger partial charge on any atom is -0.481 e. The molecule has 7 heteroatoms. The summed E-state index contributed by atoms with van der Waals surface area (Å²) in [5.41, 5.74) is 2.13. The van der Waals surface area contributed by atoms with Crippen molar-refractivity contribution in [3.8, 4) is 16.9 Å². The first kappa shape index (κ1) is 16.8. The summed E-state index contributed by atoms with van der Waals surface area (Å²) in [6.45, 7) is 0. The van der Waals surface area contributed by atoms with Gasteiger partial charge in [0.2, 0.25) is 6.10 Å². The van der Waals surface area contributed by atoms with Crippen molar-refractivity contribution in [3.63, 3.8) is 0 Å². The van der Waals surface area contributed by atoms with Crippen LogP contribution in [0, 0.1) is 5.92 Å². The highest BCUT2D eigenvalue weighted by Gasteiger charge is 2.52. The zero-order chi connectivity index (χ0) is 17.5. The number of carbonyl (C=O) groups is 1. The summed E-state index contributed by atoms with van der Waals surface area (Å²) < 4.78 is 45.0. The van der Waals surface area contributed by atoms with E-state index in [-0.39, 0.29) is 12.2 Å². The zero-order valence-corrected chi connectivity index (χ0v) is 13.8. The molecule has 0 radical (unpaired) electrons. The number of benzene rings is 2. The van der Waals surface area contributed by atoms with Gasteiger partial charge in [-0.3, -0.25) is 4.79 Å². The lowest BCUT2D eigenvalue weighted by Gasteiger charge is -2.32. The van der Waals surface area contributed by atoms with Gasteiger partial charge in [-0.2, -0.15) is 13.2 Å². The average Bonchev–Trinajstić information content (AvgIpc) is 2.53. The van der Waals surface area contributed by atoms with Crippen molar-refractivity contribution in [1.82, 2.24) is 0 Å². The minimum atomic E-state index is -4.73. The van der Waals surface area contributed by atoms with Gasteiger partial charge in [-0.1, -0.05) is 34.1 Å². The summed E-state index contributed by atoms with van der Waals surface area (Å²) in [6.07, 6.45) is -7.29. The van der Waals surface area contributed by atoms with E-state index < -0.39 is 24.2 Å². The SMILES string of the molecule is O=C(O)C1Cc2cc(-c3ccc(Br)cc3)ccc2OC1C(F)(F)F. The van der Waals surface area contributed by atoms with Crippen LogP contribution in [0.25, 0.3) is 11.1 Å². The third-order valence-corrected chi connectivity index (χ3v) is 4.47. The maximum Gasteiger partial charge on any atom is 0.426 e. The number of hydrogen-bond acceptors (Lipinski definition) is 2. The molecule has 3 rings (SSSR count).